The highest BCUT2D eigenvalue weighted by molar-refractivity contribution is 6.34. The van der Waals surface area contributed by atoms with Gasteiger partial charge in [-0.1, -0.05) is 35.9 Å². The van der Waals surface area contributed by atoms with Gasteiger partial charge in [-0.25, -0.2) is 0 Å². The second-order valence-electron chi connectivity index (χ2n) is 5.65. The van der Waals surface area contributed by atoms with Gasteiger partial charge in [0.25, 0.3) is 5.91 Å². The molecule has 0 heterocycles. The van der Waals surface area contributed by atoms with Crippen LogP contribution >= 0.6 is 11.6 Å². The molecular formula is C18H17ClN2O2. The van der Waals surface area contributed by atoms with E-state index in [0.717, 1.165) is 18.4 Å². The summed E-state index contributed by atoms with van der Waals surface area (Å²) in [6.07, 6.45) is 2.52. The molecule has 2 aromatic rings. The monoisotopic (exact) mass is 328 g/mol. The Labute approximate surface area is 139 Å². The van der Waals surface area contributed by atoms with Crippen molar-refractivity contribution in [3.63, 3.8) is 0 Å². The molecule has 1 aliphatic rings. The Morgan fingerprint density at radius 1 is 1.04 bits per heavy atom. The van der Waals surface area contributed by atoms with Gasteiger partial charge in [-0.05, 0) is 42.7 Å². The number of hydrogen-bond acceptors (Lipinski definition) is 2. The third-order valence-electron chi connectivity index (χ3n) is 3.64. The molecule has 0 atom stereocenters. The number of benzene rings is 2. The first kappa shape index (κ1) is 15.6. The van der Waals surface area contributed by atoms with E-state index in [4.69, 9.17) is 11.6 Å². The molecule has 2 amide bonds. The molecule has 5 heteroatoms. The lowest BCUT2D eigenvalue weighted by atomic mass is 10.1. The molecule has 0 aliphatic heterocycles. The molecule has 1 aliphatic carbocycles. The van der Waals surface area contributed by atoms with Gasteiger partial charge in [0.1, 0.15) is 0 Å². The Bertz CT molecular complexity index is 724. The van der Waals surface area contributed by atoms with Gasteiger partial charge in [0, 0.05) is 11.7 Å². The summed E-state index contributed by atoms with van der Waals surface area (Å²) in [5.41, 5.74) is 2.02. The van der Waals surface area contributed by atoms with Crippen LogP contribution in [0.5, 0.6) is 0 Å². The van der Waals surface area contributed by atoms with E-state index in [2.05, 4.69) is 10.6 Å². The molecule has 0 bridgehead atoms. The Hall–Kier alpha value is -2.33. The molecule has 0 radical (unpaired) electrons. The van der Waals surface area contributed by atoms with Crippen LogP contribution in [0.3, 0.4) is 0 Å². The van der Waals surface area contributed by atoms with E-state index in [9.17, 15) is 9.59 Å². The normalized spacial score (nSPS) is 13.4. The number of anilines is 1. The number of hydrogen-bond donors (Lipinski definition) is 2. The lowest BCUT2D eigenvalue weighted by Gasteiger charge is -2.08. The summed E-state index contributed by atoms with van der Waals surface area (Å²) >= 11 is 6.01. The first-order valence-corrected chi connectivity index (χ1v) is 7.94. The van der Waals surface area contributed by atoms with E-state index < -0.39 is 0 Å². The van der Waals surface area contributed by atoms with Gasteiger partial charge in [-0.15, -0.1) is 0 Å². The molecule has 2 N–H and O–H groups in total. The molecule has 1 fully saturated rings. The van der Waals surface area contributed by atoms with E-state index in [1.807, 2.05) is 12.1 Å². The summed E-state index contributed by atoms with van der Waals surface area (Å²) in [5.74, 6) is -0.213. The van der Waals surface area contributed by atoms with E-state index in [1.165, 1.54) is 0 Å². The highest BCUT2D eigenvalue weighted by Crippen LogP contribution is 2.19. The van der Waals surface area contributed by atoms with Crippen molar-refractivity contribution in [2.75, 3.05) is 5.32 Å². The van der Waals surface area contributed by atoms with Crippen LogP contribution in [-0.4, -0.2) is 17.9 Å². The smallest absolute Gasteiger partial charge is 0.257 e. The highest BCUT2D eigenvalue weighted by Gasteiger charge is 2.23. The fraction of sp³-hybridized carbons (Fsp3) is 0.222. The molecule has 0 saturated heterocycles. The van der Waals surface area contributed by atoms with Crippen molar-refractivity contribution in [1.82, 2.24) is 5.32 Å². The van der Waals surface area contributed by atoms with Crippen LogP contribution in [0.4, 0.5) is 5.69 Å². The average Bonchev–Trinajstić information content (AvgIpc) is 3.33. The van der Waals surface area contributed by atoms with Crippen molar-refractivity contribution in [2.45, 2.75) is 25.3 Å². The maximum absolute atomic E-state index is 12.2. The number of carbonyl (C=O) groups is 2. The number of nitrogens with one attached hydrogen (secondary N) is 2. The van der Waals surface area contributed by atoms with Crippen LogP contribution in [-0.2, 0) is 11.2 Å². The SMILES string of the molecule is O=C(Cc1ccc(NC(=O)c2ccccc2Cl)cc1)NC1CC1. The van der Waals surface area contributed by atoms with E-state index in [0.29, 0.717) is 28.7 Å². The van der Waals surface area contributed by atoms with Crippen molar-refractivity contribution >= 4 is 29.1 Å². The lowest BCUT2D eigenvalue weighted by Crippen LogP contribution is -2.26. The molecular weight excluding hydrogens is 312 g/mol. The topological polar surface area (TPSA) is 58.2 Å². The van der Waals surface area contributed by atoms with Gasteiger partial charge in [0.05, 0.1) is 17.0 Å². The Morgan fingerprint density at radius 3 is 2.39 bits per heavy atom. The standard InChI is InChI=1S/C18H17ClN2O2/c19-16-4-2-1-3-15(16)18(23)21-14-7-5-12(6-8-14)11-17(22)20-13-9-10-13/h1-8,13H,9-11H2,(H,20,22)(H,21,23). The van der Waals surface area contributed by atoms with Gasteiger partial charge in [0.15, 0.2) is 0 Å². The van der Waals surface area contributed by atoms with Gasteiger partial charge < -0.3 is 10.6 Å². The summed E-state index contributed by atoms with van der Waals surface area (Å²) in [4.78, 5) is 23.9. The summed E-state index contributed by atoms with van der Waals surface area (Å²) in [7, 11) is 0. The van der Waals surface area contributed by atoms with Gasteiger partial charge in [-0.3, -0.25) is 9.59 Å². The van der Waals surface area contributed by atoms with E-state index >= 15 is 0 Å². The zero-order valence-corrected chi connectivity index (χ0v) is 13.3. The summed E-state index contributed by atoms with van der Waals surface area (Å²) in [5, 5.41) is 6.17. The first-order valence-electron chi connectivity index (χ1n) is 7.56. The minimum atomic E-state index is -0.255. The zero-order valence-electron chi connectivity index (χ0n) is 12.5. The predicted molar refractivity (Wildman–Crippen MR) is 90.7 cm³/mol. The minimum Gasteiger partial charge on any atom is -0.353 e. The molecule has 2 aromatic carbocycles. The van der Waals surface area contributed by atoms with Crippen LogP contribution in [0.25, 0.3) is 0 Å². The fourth-order valence-corrected chi connectivity index (χ4v) is 2.46. The van der Waals surface area contributed by atoms with Crippen molar-refractivity contribution in [1.29, 1.82) is 0 Å². The first-order chi connectivity index (χ1) is 11.1. The third-order valence-corrected chi connectivity index (χ3v) is 3.97. The molecule has 0 spiro atoms. The number of amides is 2. The Kier molecular flexibility index (Phi) is 4.63. The van der Waals surface area contributed by atoms with E-state index in [-0.39, 0.29) is 11.8 Å². The van der Waals surface area contributed by atoms with Crippen LogP contribution in [0.15, 0.2) is 48.5 Å². The van der Waals surface area contributed by atoms with Crippen LogP contribution in [0, 0.1) is 0 Å². The number of rotatable bonds is 5. The maximum Gasteiger partial charge on any atom is 0.257 e. The molecule has 0 aromatic heterocycles. The summed E-state index contributed by atoms with van der Waals surface area (Å²) < 4.78 is 0. The molecule has 3 rings (SSSR count). The second-order valence-corrected chi connectivity index (χ2v) is 6.06. The fourth-order valence-electron chi connectivity index (χ4n) is 2.24. The van der Waals surface area contributed by atoms with Crippen molar-refractivity contribution in [3.05, 3.63) is 64.7 Å². The van der Waals surface area contributed by atoms with Crippen molar-refractivity contribution < 1.29 is 9.59 Å². The van der Waals surface area contributed by atoms with Crippen LogP contribution < -0.4 is 10.6 Å². The zero-order chi connectivity index (χ0) is 16.2. The summed E-state index contributed by atoms with van der Waals surface area (Å²) in [6, 6.07) is 14.5. The van der Waals surface area contributed by atoms with Crippen LogP contribution in [0.1, 0.15) is 28.8 Å². The van der Waals surface area contributed by atoms with Gasteiger partial charge >= 0.3 is 0 Å². The Balaban J connectivity index is 1.59. The number of carbonyl (C=O) groups excluding carboxylic acids is 2. The molecule has 23 heavy (non-hydrogen) atoms. The quantitative estimate of drug-likeness (QED) is 0.883. The second kappa shape index (κ2) is 6.84. The van der Waals surface area contributed by atoms with Gasteiger partial charge in [-0.2, -0.15) is 0 Å². The van der Waals surface area contributed by atoms with Crippen molar-refractivity contribution in [3.8, 4) is 0 Å². The minimum absolute atomic E-state index is 0.0420. The largest absolute Gasteiger partial charge is 0.353 e. The van der Waals surface area contributed by atoms with Crippen LogP contribution in [0.2, 0.25) is 5.02 Å². The molecule has 118 valence electrons. The Morgan fingerprint density at radius 2 is 1.74 bits per heavy atom. The van der Waals surface area contributed by atoms with Gasteiger partial charge in [0.2, 0.25) is 5.91 Å². The molecule has 0 unspecified atom stereocenters. The third kappa shape index (κ3) is 4.33. The molecule has 1 saturated carbocycles. The van der Waals surface area contributed by atoms with Crippen molar-refractivity contribution in [2.24, 2.45) is 0 Å². The summed E-state index contributed by atoms with van der Waals surface area (Å²) in [6.45, 7) is 0. The molecule has 4 nitrogen and oxygen atoms in total. The maximum atomic E-state index is 12.2. The number of halogens is 1. The predicted octanol–water partition coefficient (Wildman–Crippen LogP) is 3.41. The average molecular weight is 329 g/mol. The highest BCUT2D eigenvalue weighted by atomic mass is 35.5. The van der Waals surface area contributed by atoms with E-state index in [1.54, 1.807) is 36.4 Å². The lowest BCUT2D eigenvalue weighted by molar-refractivity contribution is -0.120.